The number of carbonyl (C=O) groups excluding carboxylic acids is 1. The molecule has 0 aliphatic carbocycles. The van der Waals surface area contributed by atoms with E-state index in [1.54, 1.807) is 12.3 Å². The average molecular weight is 239 g/mol. The van der Waals surface area contributed by atoms with Crippen molar-refractivity contribution in [1.82, 2.24) is 10.3 Å². The van der Waals surface area contributed by atoms with E-state index < -0.39 is 0 Å². The van der Waals surface area contributed by atoms with Gasteiger partial charge in [-0.15, -0.1) is 11.8 Å². The standard InChI is InChI=1S/C11H17N3OS/c1-3-6-13-11(15)8(2)16-9-4-5-10(12)14-7-9/h4-5,7-8H,3,6H2,1-2H3,(H2,12,14)(H,13,15). The molecule has 1 unspecified atom stereocenters. The molecule has 3 N–H and O–H groups in total. The second-order valence-electron chi connectivity index (χ2n) is 3.47. The SMILES string of the molecule is CCCNC(=O)C(C)Sc1ccc(N)nc1. The summed E-state index contributed by atoms with van der Waals surface area (Å²) < 4.78 is 0. The molecule has 1 aromatic heterocycles. The highest BCUT2D eigenvalue weighted by atomic mass is 32.2. The van der Waals surface area contributed by atoms with E-state index in [-0.39, 0.29) is 11.2 Å². The lowest BCUT2D eigenvalue weighted by atomic mass is 10.4. The third-order valence-corrected chi connectivity index (χ3v) is 3.07. The summed E-state index contributed by atoms with van der Waals surface area (Å²) in [7, 11) is 0. The number of anilines is 1. The summed E-state index contributed by atoms with van der Waals surface area (Å²) in [4.78, 5) is 16.5. The lowest BCUT2D eigenvalue weighted by Gasteiger charge is -2.11. The van der Waals surface area contributed by atoms with Gasteiger partial charge in [0.2, 0.25) is 5.91 Å². The first-order chi connectivity index (χ1) is 7.63. The highest BCUT2D eigenvalue weighted by Gasteiger charge is 2.13. The lowest BCUT2D eigenvalue weighted by Crippen LogP contribution is -2.31. The fraction of sp³-hybridized carbons (Fsp3) is 0.455. The summed E-state index contributed by atoms with van der Waals surface area (Å²) in [5, 5.41) is 2.74. The first-order valence-corrected chi connectivity index (χ1v) is 6.17. The second kappa shape index (κ2) is 6.37. The van der Waals surface area contributed by atoms with Crippen LogP contribution in [0.1, 0.15) is 20.3 Å². The minimum absolute atomic E-state index is 0.0590. The summed E-state index contributed by atoms with van der Waals surface area (Å²) in [6, 6.07) is 3.61. The molecule has 4 nitrogen and oxygen atoms in total. The second-order valence-corrected chi connectivity index (χ2v) is 4.88. The Morgan fingerprint density at radius 2 is 2.38 bits per heavy atom. The van der Waals surface area contributed by atoms with Gasteiger partial charge in [0.05, 0.1) is 5.25 Å². The van der Waals surface area contributed by atoms with Gasteiger partial charge in [-0.05, 0) is 25.5 Å². The van der Waals surface area contributed by atoms with Gasteiger partial charge in [0.15, 0.2) is 0 Å². The zero-order chi connectivity index (χ0) is 12.0. The molecule has 0 spiro atoms. The lowest BCUT2D eigenvalue weighted by molar-refractivity contribution is -0.120. The van der Waals surface area contributed by atoms with Crippen LogP contribution in [0.3, 0.4) is 0 Å². The van der Waals surface area contributed by atoms with Crippen LogP contribution in [0.4, 0.5) is 5.82 Å². The van der Waals surface area contributed by atoms with Crippen LogP contribution in [0, 0.1) is 0 Å². The van der Waals surface area contributed by atoms with Crippen molar-refractivity contribution in [3.8, 4) is 0 Å². The van der Waals surface area contributed by atoms with Crippen molar-refractivity contribution >= 4 is 23.5 Å². The number of nitrogen functional groups attached to an aromatic ring is 1. The van der Waals surface area contributed by atoms with Gasteiger partial charge in [-0.25, -0.2) is 4.98 Å². The summed E-state index contributed by atoms with van der Waals surface area (Å²) in [6.45, 7) is 4.64. The predicted octanol–water partition coefficient (Wildman–Crippen LogP) is 1.67. The van der Waals surface area contributed by atoms with Crippen molar-refractivity contribution in [3.05, 3.63) is 18.3 Å². The number of hydrogen-bond donors (Lipinski definition) is 2. The Morgan fingerprint density at radius 3 is 2.94 bits per heavy atom. The number of nitrogens with two attached hydrogens (primary N) is 1. The third-order valence-electron chi connectivity index (χ3n) is 1.99. The molecule has 0 radical (unpaired) electrons. The van der Waals surface area contributed by atoms with Gasteiger partial charge >= 0.3 is 0 Å². The van der Waals surface area contributed by atoms with Gasteiger partial charge in [-0.3, -0.25) is 4.79 Å². The number of nitrogens with one attached hydrogen (secondary N) is 1. The van der Waals surface area contributed by atoms with Gasteiger partial charge in [0.1, 0.15) is 5.82 Å². The molecule has 0 aromatic carbocycles. The fourth-order valence-corrected chi connectivity index (χ4v) is 1.97. The van der Waals surface area contributed by atoms with Crippen LogP contribution in [0.2, 0.25) is 0 Å². The number of pyridine rings is 1. The molecule has 16 heavy (non-hydrogen) atoms. The molecular weight excluding hydrogens is 222 g/mol. The van der Waals surface area contributed by atoms with E-state index in [4.69, 9.17) is 5.73 Å². The number of nitrogens with zero attached hydrogens (tertiary/aromatic N) is 1. The Hall–Kier alpha value is -1.23. The van der Waals surface area contributed by atoms with Crippen molar-refractivity contribution in [2.75, 3.05) is 12.3 Å². The summed E-state index contributed by atoms with van der Waals surface area (Å²) in [5.41, 5.74) is 5.48. The minimum atomic E-state index is -0.114. The Morgan fingerprint density at radius 1 is 1.62 bits per heavy atom. The van der Waals surface area contributed by atoms with Crippen LogP contribution < -0.4 is 11.1 Å². The highest BCUT2D eigenvalue weighted by Crippen LogP contribution is 2.22. The minimum Gasteiger partial charge on any atom is -0.384 e. The maximum atomic E-state index is 11.6. The normalized spacial score (nSPS) is 12.1. The first kappa shape index (κ1) is 12.8. The molecule has 88 valence electrons. The number of carbonyl (C=O) groups is 1. The Bertz CT molecular complexity index is 340. The van der Waals surface area contributed by atoms with Gasteiger partial charge in [0.25, 0.3) is 0 Å². The largest absolute Gasteiger partial charge is 0.384 e. The summed E-state index contributed by atoms with van der Waals surface area (Å²) >= 11 is 1.48. The smallest absolute Gasteiger partial charge is 0.233 e. The van der Waals surface area contributed by atoms with Crippen molar-refractivity contribution in [3.63, 3.8) is 0 Å². The summed E-state index contributed by atoms with van der Waals surface area (Å²) in [5.74, 6) is 0.552. The zero-order valence-corrected chi connectivity index (χ0v) is 10.4. The molecule has 0 aliphatic heterocycles. The van der Waals surface area contributed by atoms with E-state index in [1.165, 1.54) is 11.8 Å². The molecule has 0 fully saturated rings. The topological polar surface area (TPSA) is 68.0 Å². The Balaban J connectivity index is 2.47. The van der Waals surface area contributed by atoms with Crippen LogP contribution in [0.15, 0.2) is 23.2 Å². The van der Waals surface area contributed by atoms with Gasteiger partial charge in [-0.2, -0.15) is 0 Å². The quantitative estimate of drug-likeness (QED) is 0.767. The molecule has 0 aliphatic rings. The van der Waals surface area contributed by atoms with E-state index >= 15 is 0 Å². The van der Waals surface area contributed by atoms with Crippen molar-refractivity contribution in [2.24, 2.45) is 0 Å². The fourth-order valence-electron chi connectivity index (χ4n) is 1.11. The van der Waals surface area contributed by atoms with Crippen LogP contribution in [-0.4, -0.2) is 22.7 Å². The molecule has 1 aromatic rings. The number of amides is 1. The molecule has 1 heterocycles. The molecule has 5 heteroatoms. The van der Waals surface area contributed by atoms with E-state index in [9.17, 15) is 4.79 Å². The average Bonchev–Trinajstić information content (AvgIpc) is 2.29. The van der Waals surface area contributed by atoms with Crippen molar-refractivity contribution in [2.45, 2.75) is 30.4 Å². The maximum absolute atomic E-state index is 11.6. The van der Waals surface area contributed by atoms with Crippen LogP contribution in [-0.2, 0) is 4.79 Å². The van der Waals surface area contributed by atoms with Crippen LogP contribution in [0.5, 0.6) is 0 Å². The number of rotatable bonds is 5. The molecule has 1 rings (SSSR count). The Labute approximate surface area is 100 Å². The predicted molar refractivity (Wildman–Crippen MR) is 67.3 cm³/mol. The first-order valence-electron chi connectivity index (χ1n) is 5.29. The maximum Gasteiger partial charge on any atom is 0.233 e. The van der Waals surface area contributed by atoms with Gasteiger partial charge < -0.3 is 11.1 Å². The molecule has 0 bridgehead atoms. The zero-order valence-electron chi connectivity index (χ0n) is 9.56. The summed E-state index contributed by atoms with van der Waals surface area (Å²) in [6.07, 6.45) is 2.64. The van der Waals surface area contributed by atoms with Crippen LogP contribution in [0.25, 0.3) is 0 Å². The van der Waals surface area contributed by atoms with Crippen molar-refractivity contribution < 1.29 is 4.79 Å². The number of hydrogen-bond acceptors (Lipinski definition) is 4. The van der Waals surface area contributed by atoms with Crippen molar-refractivity contribution in [1.29, 1.82) is 0 Å². The Kier molecular flexibility index (Phi) is 5.11. The molecular formula is C11H17N3OS. The van der Waals surface area contributed by atoms with Gasteiger partial charge in [-0.1, -0.05) is 6.92 Å². The third kappa shape index (κ3) is 4.10. The molecule has 0 saturated heterocycles. The van der Waals surface area contributed by atoms with E-state index in [0.29, 0.717) is 5.82 Å². The van der Waals surface area contributed by atoms with E-state index in [0.717, 1.165) is 17.9 Å². The molecule has 1 amide bonds. The van der Waals surface area contributed by atoms with E-state index in [2.05, 4.69) is 10.3 Å². The highest BCUT2D eigenvalue weighted by molar-refractivity contribution is 8.00. The monoisotopic (exact) mass is 239 g/mol. The molecule has 1 atom stereocenters. The number of thioether (sulfide) groups is 1. The number of aromatic nitrogens is 1. The van der Waals surface area contributed by atoms with Crippen LogP contribution >= 0.6 is 11.8 Å². The molecule has 0 saturated carbocycles. The van der Waals surface area contributed by atoms with E-state index in [1.807, 2.05) is 19.9 Å². The van der Waals surface area contributed by atoms with Gasteiger partial charge in [0, 0.05) is 17.6 Å².